The van der Waals surface area contributed by atoms with Gasteiger partial charge in [-0.2, -0.15) is 0 Å². The summed E-state index contributed by atoms with van der Waals surface area (Å²) in [6, 6.07) is -1.73. The summed E-state index contributed by atoms with van der Waals surface area (Å²) in [6.07, 6.45) is 0. The lowest BCUT2D eigenvalue weighted by Gasteiger charge is -2.48. The molecule has 2 fully saturated rings. The maximum atomic E-state index is 13.8. The van der Waals surface area contributed by atoms with Crippen molar-refractivity contribution in [2.75, 3.05) is 31.6 Å². The van der Waals surface area contributed by atoms with Crippen LogP contribution in [0.5, 0.6) is 17.2 Å². The summed E-state index contributed by atoms with van der Waals surface area (Å²) in [5.41, 5.74) is 1.39. The summed E-state index contributed by atoms with van der Waals surface area (Å²) >= 11 is 0. The summed E-state index contributed by atoms with van der Waals surface area (Å²) in [5.74, 6) is -5.24. The van der Waals surface area contributed by atoms with Crippen molar-refractivity contribution in [3.05, 3.63) is 56.8 Å². The predicted octanol–water partition coefficient (Wildman–Crippen LogP) is 0.881. The Bertz CT molecular complexity index is 1580. The molecule has 3 aliphatic heterocycles. The first kappa shape index (κ1) is 31.5. The number of rotatable bonds is 6. The highest BCUT2D eigenvalue weighted by Gasteiger charge is 2.62. The summed E-state index contributed by atoms with van der Waals surface area (Å²) < 4.78 is 5.45. The van der Waals surface area contributed by atoms with Crippen molar-refractivity contribution in [2.24, 2.45) is 0 Å². The van der Waals surface area contributed by atoms with Crippen LogP contribution in [-0.2, 0) is 29.2 Å². The third-order valence-electron chi connectivity index (χ3n) is 9.60. The van der Waals surface area contributed by atoms with E-state index in [4.69, 9.17) is 4.74 Å². The van der Waals surface area contributed by atoms with Crippen molar-refractivity contribution in [2.45, 2.75) is 71.7 Å². The molecule has 0 saturated carbocycles. The second-order valence-electron chi connectivity index (χ2n) is 12.1. The number of aromatic hydroxyl groups is 3. The van der Waals surface area contributed by atoms with Gasteiger partial charge in [0.05, 0.1) is 24.5 Å². The van der Waals surface area contributed by atoms with Crippen LogP contribution in [0, 0.1) is 27.7 Å². The zero-order chi connectivity index (χ0) is 32.5. The van der Waals surface area contributed by atoms with E-state index in [9.17, 15) is 40.2 Å². The summed E-state index contributed by atoms with van der Waals surface area (Å²) in [6.45, 7) is 14.2. The number of aliphatic hydroxyl groups is 3. The maximum absolute atomic E-state index is 13.8. The number of hydrogen-bond donors (Lipinski definition) is 8. The molecule has 13 nitrogen and oxygen atoms in total. The Balaban J connectivity index is 1.54. The molecule has 8 N–H and O–H groups in total. The molecule has 44 heavy (non-hydrogen) atoms. The van der Waals surface area contributed by atoms with Gasteiger partial charge in [0.25, 0.3) is 5.91 Å². The highest BCUT2D eigenvalue weighted by atomic mass is 16.5. The topological polar surface area (TPSA) is 195 Å². The number of phenols is 3. The monoisotopic (exact) mass is 612 g/mol. The van der Waals surface area contributed by atoms with Gasteiger partial charge in [0.1, 0.15) is 11.8 Å². The SMILES string of the molecule is C=C1NC(=O)C(N2Cc3c(NCc4c(C)c(C)c(O)c(O)c4CN4CCOCC4)c(C)c(C)c(O)c3C2=O)C(C)(O)C1(O)O. The fourth-order valence-electron chi connectivity index (χ4n) is 6.43. The number of carbonyl (C=O) groups is 2. The lowest BCUT2D eigenvalue weighted by Crippen LogP contribution is -2.74. The zero-order valence-corrected chi connectivity index (χ0v) is 25.5. The van der Waals surface area contributed by atoms with Crippen molar-refractivity contribution in [3.8, 4) is 17.2 Å². The average Bonchev–Trinajstić information content (AvgIpc) is 3.30. The van der Waals surface area contributed by atoms with E-state index < -0.39 is 34.9 Å². The van der Waals surface area contributed by atoms with Crippen molar-refractivity contribution in [1.29, 1.82) is 0 Å². The van der Waals surface area contributed by atoms with Gasteiger partial charge in [-0.15, -0.1) is 0 Å². The van der Waals surface area contributed by atoms with E-state index in [-0.39, 0.29) is 35.9 Å². The number of phenolic OH excluding ortho intramolecular Hbond substituents is 3. The molecule has 0 bridgehead atoms. The molecule has 2 aromatic rings. The Morgan fingerprint density at radius 1 is 0.932 bits per heavy atom. The van der Waals surface area contributed by atoms with Crippen molar-refractivity contribution >= 4 is 17.5 Å². The fourth-order valence-corrected chi connectivity index (χ4v) is 6.43. The third kappa shape index (κ3) is 4.66. The van der Waals surface area contributed by atoms with E-state index in [1.165, 1.54) is 0 Å². The minimum Gasteiger partial charge on any atom is -0.507 e. The molecule has 3 heterocycles. The van der Waals surface area contributed by atoms with Crippen LogP contribution in [-0.4, -0.2) is 96.0 Å². The number of nitrogens with zero attached hydrogens (tertiary/aromatic N) is 2. The van der Waals surface area contributed by atoms with Crippen LogP contribution in [0.2, 0.25) is 0 Å². The predicted molar refractivity (Wildman–Crippen MR) is 159 cm³/mol. The number of fused-ring (bicyclic) bond motifs is 1. The number of benzene rings is 2. The maximum Gasteiger partial charge on any atom is 0.259 e. The number of ether oxygens (including phenoxy) is 1. The molecule has 238 valence electrons. The molecule has 0 spiro atoms. The Morgan fingerprint density at radius 2 is 1.55 bits per heavy atom. The van der Waals surface area contributed by atoms with E-state index in [1.807, 2.05) is 6.92 Å². The first-order valence-corrected chi connectivity index (χ1v) is 14.4. The van der Waals surface area contributed by atoms with Crippen LogP contribution in [0.25, 0.3) is 0 Å². The molecule has 2 amide bonds. The number of piperidine rings is 1. The molecule has 2 unspecified atom stereocenters. The Labute approximate surface area is 255 Å². The van der Waals surface area contributed by atoms with Gasteiger partial charge in [-0.05, 0) is 62.4 Å². The van der Waals surface area contributed by atoms with Gasteiger partial charge in [-0.25, -0.2) is 0 Å². The van der Waals surface area contributed by atoms with E-state index in [0.717, 1.165) is 23.0 Å². The van der Waals surface area contributed by atoms with Crippen molar-refractivity contribution in [3.63, 3.8) is 0 Å². The van der Waals surface area contributed by atoms with Gasteiger partial charge in [-0.3, -0.25) is 14.5 Å². The number of nitrogens with one attached hydrogen (secondary N) is 2. The van der Waals surface area contributed by atoms with E-state index in [1.54, 1.807) is 20.8 Å². The van der Waals surface area contributed by atoms with Gasteiger partial charge >= 0.3 is 0 Å². The Morgan fingerprint density at radius 3 is 2.18 bits per heavy atom. The summed E-state index contributed by atoms with van der Waals surface area (Å²) in [5, 5.41) is 70.8. The molecule has 0 aliphatic carbocycles. The standard InChI is InChI=1S/C31H40N4O9/c1-14-16(3)25(37)26(38)20(12-34-7-9-44-10-8-34)19(14)11-32-23-15(2)17(4)24(36)22-21(23)13-35(29(22)40)27-28(39)33-18(5)31(42,43)30(27,6)41/h27,32,36-38,41-43H,5,7-13H2,1-4,6H3,(H,33,39). The average molecular weight is 613 g/mol. The molecule has 3 aliphatic rings. The van der Waals surface area contributed by atoms with Crippen LogP contribution in [0.4, 0.5) is 5.69 Å². The van der Waals surface area contributed by atoms with Crippen LogP contribution >= 0.6 is 0 Å². The summed E-state index contributed by atoms with van der Waals surface area (Å²) in [4.78, 5) is 30.0. The molecular weight excluding hydrogens is 572 g/mol. The lowest BCUT2D eigenvalue weighted by atomic mass is 9.80. The van der Waals surface area contributed by atoms with E-state index in [0.29, 0.717) is 66.4 Å². The Kier molecular flexibility index (Phi) is 7.83. The summed E-state index contributed by atoms with van der Waals surface area (Å²) in [7, 11) is 0. The van der Waals surface area contributed by atoms with Gasteiger partial charge in [-0.1, -0.05) is 6.58 Å². The second-order valence-corrected chi connectivity index (χ2v) is 12.1. The minimum atomic E-state index is -2.94. The van der Waals surface area contributed by atoms with E-state index >= 15 is 0 Å². The zero-order valence-electron chi connectivity index (χ0n) is 25.5. The third-order valence-corrected chi connectivity index (χ3v) is 9.60. The quantitative estimate of drug-likeness (QED) is 0.131. The van der Waals surface area contributed by atoms with Gasteiger partial charge < -0.3 is 50.9 Å². The van der Waals surface area contributed by atoms with Crippen molar-refractivity contribution < 1.29 is 45.0 Å². The normalized spacial score (nSPS) is 23.6. The van der Waals surface area contributed by atoms with Crippen LogP contribution in [0.1, 0.15) is 56.2 Å². The van der Waals surface area contributed by atoms with Crippen LogP contribution < -0.4 is 10.6 Å². The second kappa shape index (κ2) is 10.9. The molecule has 2 saturated heterocycles. The van der Waals surface area contributed by atoms with Crippen molar-refractivity contribution in [1.82, 2.24) is 15.1 Å². The molecule has 2 aromatic carbocycles. The highest BCUT2D eigenvalue weighted by Crippen LogP contribution is 2.45. The Hall–Kier alpha value is -3.88. The molecule has 0 radical (unpaired) electrons. The largest absolute Gasteiger partial charge is 0.507 e. The highest BCUT2D eigenvalue weighted by molar-refractivity contribution is 6.06. The number of carbonyl (C=O) groups excluding carboxylic acids is 2. The van der Waals surface area contributed by atoms with Gasteiger partial charge in [0, 0.05) is 49.5 Å². The van der Waals surface area contributed by atoms with Crippen LogP contribution in [0.3, 0.4) is 0 Å². The molecular formula is C31H40N4O9. The van der Waals surface area contributed by atoms with E-state index in [2.05, 4.69) is 22.1 Å². The molecule has 13 heteroatoms. The number of amides is 2. The van der Waals surface area contributed by atoms with Crippen LogP contribution in [0.15, 0.2) is 12.3 Å². The number of hydrogen-bond acceptors (Lipinski definition) is 11. The molecule has 0 aromatic heterocycles. The number of morpholine rings is 1. The molecule has 2 atom stereocenters. The minimum absolute atomic E-state index is 0.0694. The smallest absolute Gasteiger partial charge is 0.259 e. The lowest BCUT2D eigenvalue weighted by molar-refractivity contribution is -0.268. The fraction of sp³-hybridized carbons (Fsp3) is 0.484. The van der Waals surface area contributed by atoms with Gasteiger partial charge in [0.2, 0.25) is 11.7 Å². The number of anilines is 1. The first-order chi connectivity index (χ1) is 20.5. The van der Waals surface area contributed by atoms with Gasteiger partial charge in [0.15, 0.2) is 17.1 Å². The first-order valence-electron chi connectivity index (χ1n) is 14.4. The molecule has 5 rings (SSSR count).